The molecule has 0 aliphatic carbocycles. The number of aryl methyl sites for hydroxylation is 1. The Morgan fingerprint density at radius 1 is 1.43 bits per heavy atom. The van der Waals surface area contributed by atoms with Crippen LogP contribution in [-0.2, 0) is 0 Å². The minimum Gasteiger partial charge on any atom is -0.394 e. The van der Waals surface area contributed by atoms with Crippen LogP contribution in [0.1, 0.15) is 17.4 Å². The quantitative estimate of drug-likeness (QED) is 0.506. The summed E-state index contributed by atoms with van der Waals surface area (Å²) in [6.45, 7) is 1.09. The van der Waals surface area contributed by atoms with Crippen LogP contribution in [0.5, 0.6) is 0 Å². The lowest BCUT2D eigenvalue weighted by Crippen LogP contribution is -2.24. The van der Waals surface area contributed by atoms with Crippen molar-refractivity contribution < 1.29 is 15.3 Å². The summed E-state index contributed by atoms with van der Waals surface area (Å²) in [7, 11) is 0. The van der Waals surface area contributed by atoms with Crippen molar-refractivity contribution in [2.75, 3.05) is 6.61 Å². The van der Waals surface area contributed by atoms with Gasteiger partial charge in [-0.2, -0.15) is 0 Å². The van der Waals surface area contributed by atoms with E-state index in [0.29, 0.717) is 11.3 Å². The number of hydrogen-bond acceptors (Lipinski definition) is 4. The number of aliphatic hydroxyl groups is 3. The first-order valence-electron chi connectivity index (χ1n) is 4.23. The van der Waals surface area contributed by atoms with Crippen molar-refractivity contribution in [3.63, 3.8) is 0 Å². The molecule has 78 valence electrons. The third-order valence-electron chi connectivity index (χ3n) is 2.03. The van der Waals surface area contributed by atoms with Crippen LogP contribution in [0.2, 0.25) is 0 Å². The zero-order valence-corrected chi connectivity index (χ0v) is 7.77. The molecule has 2 unspecified atom stereocenters. The Balaban J connectivity index is 3.01. The second kappa shape index (κ2) is 4.36. The highest BCUT2D eigenvalue weighted by atomic mass is 16.4. The molecule has 0 bridgehead atoms. The predicted octanol–water partition coefficient (Wildman–Crippen LogP) is -0.930. The summed E-state index contributed by atoms with van der Waals surface area (Å²) in [5, 5.41) is 27.3. The van der Waals surface area contributed by atoms with E-state index in [1.165, 1.54) is 12.1 Å². The van der Waals surface area contributed by atoms with Gasteiger partial charge in [0, 0.05) is 17.3 Å². The fourth-order valence-electron chi connectivity index (χ4n) is 1.22. The van der Waals surface area contributed by atoms with E-state index in [0.717, 1.165) is 0 Å². The number of aromatic nitrogens is 1. The van der Waals surface area contributed by atoms with E-state index in [9.17, 15) is 15.0 Å². The number of hydrogen-bond donors (Lipinski definition) is 4. The van der Waals surface area contributed by atoms with Gasteiger partial charge in [0.15, 0.2) is 0 Å². The molecule has 0 aromatic carbocycles. The van der Waals surface area contributed by atoms with Crippen LogP contribution in [0.25, 0.3) is 0 Å². The summed E-state index contributed by atoms with van der Waals surface area (Å²) in [6.07, 6.45) is -2.42. The minimum atomic E-state index is -1.24. The monoisotopic (exact) mass is 199 g/mol. The molecule has 0 aliphatic rings. The number of aromatic amines is 1. The SMILES string of the molecule is Cc1[nH]c(=O)ccc1C(O)C(O)CO. The lowest BCUT2D eigenvalue weighted by Gasteiger charge is -2.17. The fourth-order valence-corrected chi connectivity index (χ4v) is 1.22. The van der Waals surface area contributed by atoms with Gasteiger partial charge in [-0.25, -0.2) is 0 Å². The summed E-state index contributed by atoms with van der Waals surface area (Å²) >= 11 is 0. The van der Waals surface area contributed by atoms with Crippen LogP contribution in [-0.4, -0.2) is 33.0 Å². The van der Waals surface area contributed by atoms with Crippen molar-refractivity contribution in [1.82, 2.24) is 4.98 Å². The molecule has 1 aromatic heterocycles. The first-order valence-corrected chi connectivity index (χ1v) is 4.23. The van der Waals surface area contributed by atoms with E-state index >= 15 is 0 Å². The van der Waals surface area contributed by atoms with E-state index in [1.54, 1.807) is 6.92 Å². The van der Waals surface area contributed by atoms with Crippen LogP contribution < -0.4 is 5.56 Å². The van der Waals surface area contributed by atoms with Crippen molar-refractivity contribution in [1.29, 1.82) is 0 Å². The Kier molecular flexibility index (Phi) is 3.40. The third kappa shape index (κ3) is 2.20. The fraction of sp³-hybridized carbons (Fsp3) is 0.444. The highest BCUT2D eigenvalue weighted by Crippen LogP contribution is 2.17. The molecular weight excluding hydrogens is 186 g/mol. The maximum absolute atomic E-state index is 10.9. The van der Waals surface area contributed by atoms with Gasteiger partial charge in [0.25, 0.3) is 0 Å². The summed E-state index contributed by atoms with van der Waals surface area (Å²) in [4.78, 5) is 13.3. The summed E-state index contributed by atoms with van der Waals surface area (Å²) in [5.74, 6) is 0. The van der Waals surface area contributed by atoms with E-state index < -0.39 is 18.8 Å². The molecule has 0 amide bonds. The molecule has 0 saturated carbocycles. The molecule has 1 aromatic rings. The third-order valence-corrected chi connectivity index (χ3v) is 2.03. The van der Waals surface area contributed by atoms with E-state index in [4.69, 9.17) is 5.11 Å². The van der Waals surface area contributed by atoms with Crippen molar-refractivity contribution in [3.8, 4) is 0 Å². The zero-order chi connectivity index (χ0) is 10.7. The van der Waals surface area contributed by atoms with Gasteiger partial charge in [-0.05, 0) is 13.0 Å². The average molecular weight is 199 g/mol. The molecule has 0 radical (unpaired) electrons. The molecule has 1 heterocycles. The Labute approximate surface area is 80.7 Å². The van der Waals surface area contributed by atoms with Crippen LogP contribution in [0, 0.1) is 6.92 Å². The highest BCUT2D eigenvalue weighted by Gasteiger charge is 2.19. The number of pyridine rings is 1. The lowest BCUT2D eigenvalue weighted by molar-refractivity contribution is -0.0157. The largest absolute Gasteiger partial charge is 0.394 e. The van der Waals surface area contributed by atoms with E-state index in [-0.39, 0.29) is 5.56 Å². The van der Waals surface area contributed by atoms with Crippen molar-refractivity contribution >= 4 is 0 Å². The van der Waals surface area contributed by atoms with Gasteiger partial charge in [-0.3, -0.25) is 4.79 Å². The molecule has 5 heteroatoms. The molecular formula is C9H13NO4. The number of H-pyrrole nitrogens is 1. The molecule has 2 atom stereocenters. The number of nitrogens with one attached hydrogen (secondary N) is 1. The van der Waals surface area contributed by atoms with Crippen molar-refractivity contribution in [2.24, 2.45) is 0 Å². The Hall–Kier alpha value is -1.17. The maximum atomic E-state index is 10.9. The standard InChI is InChI=1S/C9H13NO4/c1-5-6(2-3-8(13)10-5)9(14)7(12)4-11/h2-3,7,9,11-12,14H,4H2,1H3,(H,10,13). The summed E-state index contributed by atoms with van der Waals surface area (Å²) in [5.41, 5.74) is 0.626. The summed E-state index contributed by atoms with van der Waals surface area (Å²) < 4.78 is 0. The zero-order valence-electron chi connectivity index (χ0n) is 7.77. The summed E-state index contributed by atoms with van der Waals surface area (Å²) in [6, 6.07) is 2.69. The molecule has 5 nitrogen and oxygen atoms in total. The predicted molar refractivity (Wildman–Crippen MR) is 49.9 cm³/mol. The Bertz CT molecular complexity index is 360. The maximum Gasteiger partial charge on any atom is 0.248 e. The highest BCUT2D eigenvalue weighted by molar-refractivity contribution is 5.21. The number of aliphatic hydroxyl groups excluding tert-OH is 3. The Morgan fingerprint density at radius 3 is 2.57 bits per heavy atom. The normalized spacial score (nSPS) is 15.1. The van der Waals surface area contributed by atoms with Crippen LogP contribution in [0.3, 0.4) is 0 Å². The second-order valence-electron chi connectivity index (χ2n) is 3.10. The average Bonchev–Trinajstić information content (AvgIpc) is 2.15. The van der Waals surface area contributed by atoms with E-state index in [1.807, 2.05) is 0 Å². The molecule has 0 fully saturated rings. The molecule has 0 saturated heterocycles. The van der Waals surface area contributed by atoms with Crippen LogP contribution in [0.4, 0.5) is 0 Å². The van der Waals surface area contributed by atoms with Crippen LogP contribution in [0.15, 0.2) is 16.9 Å². The van der Waals surface area contributed by atoms with Gasteiger partial charge in [0.2, 0.25) is 5.56 Å². The number of rotatable bonds is 3. The first kappa shape index (κ1) is 10.9. The van der Waals surface area contributed by atoms with Gasteiger partial charge in [-0.15, -0.1) is 0 Å². The van der Waals surface area contributed by atoms with E-state index in [2.05, 4.69) is 4.98 Å². The van der Waals surface area contributed by atoms with Crippen LogP contribution >= 0.6 is 0 Å². The Morgan fingerprint density at radius 2 is 2.07 bits per heavy atom. The van der Waals surface area contributed by atoms with Gasteiger partial charge < -0.3 is 20.3 Å². The molecule has 0 aliphatic heterocycles. The smallest absolute Gasteiger partial charge is 0.248 e. The molecule has 1 rings (SSSR count). The van der Waals surface area contributed by atoms with Gasteiger partial charge in [0.1, 0.15) is 12.2 Å². The van der Waals surface area contributed by atoms with Crippen molar-refractivity contribution in [3.05, 3.63) is 33.7 Å². The molecule has 4 N–H and O–H groups in total. The first-order chi connectivity index (χ1) is 6.56. The van der Waals surface area contributed by atoms with Gasteiger partial charge in [-0.1, -0.05) is 0 Å². The molecule has 14 heavy (non-hydrogen) atoms. The lowest BCUT2D eigenvalue weighted by atomic mass is 10.0. The topological polar surface area (TPSA) is 93.6 Å². The van der Waals surface area contributed by atoms with Gasteiger partial charge in [0.05, 0.1) is 6.61 Å². The van der Waals surface area contributed by atoms with Gasteiger partial charge >= 0.3 is 0 Å². The molecule has 0 spiro atoms. The second-order valence-corrected chi connectivity index (χ2v) is 3.10. The minimum absolute atomic E-state index is 0.267. The van der Waals surface area contributed by atoms with Crippen molar-refractivity contribution in [2.45, 2.75) is 19.1 Å².